The van der Waals surface area contributed by atoms with Gasteiger partial charge in [-0.3, -0.25) is 0 Å². The molecule has 0 saturated heterocycles. The molecule has 0 atom stereocenters. The second-order valence-electron chi connectivity index (χ2n) is 4.28. The summed E-state index contributed by atoms with van der Waals surface area (Å²) in [5.41, 5.74) is 0.576. The van der Waals surface area contributed by atoms with E-state index in [0.717, 1.165) is 22.2 Å². The first-order valence-electron chi connectivity index (χ1n) is 5.82. The number of hydrogen-bond acceptors (Lipinski definition) is 1. The molecular formula is C14H9BrCl2F3N. The van der Waals surface area contributed by atoms with E-state index in [1.54, 1.807) is 12.1 Å². The van der Waals surface area contributed by atoms with Gasteiger partial charge in [-0.25, -0.2) is 0 Å². The maximum absolute atomic E-state index is 12.5. The Kier molecular flexibility index (Phi) is 5.07. The SMILES string of the molecule is FC(F)(F)c1ccc(NCc2ccc(Cl)cc2Br)c(Cl)c1. The number of alkyl halides is 3. The third-order valence-corrected chi connectivity index (χ3v) is 4.07. The minimum atomic E-state index is -4.40. The predicted molar refractivity (Wildman–Crippen MR) is 82.9 cm³/mol. The standard InChI is InChI=1S/C14H9BrCl2F3N/c15-11-6-10(16)3-1-8(11)7-21-13-4-2-9(5-12(13)17)14(18,19)20/h1-6,21H,7H2. The Labute approximate surface area is 138 Å². The summed E-state index contributed by atoms with van der Waals surface area (Å²) in [7, 11) is 0. The van der Waals surface area contributed by atoms with Crippen LogP contribution in [0.4, 0.5) is 18.9 Å². The molecule has 21 heavy (non-hydrogen) atoms. The van der Waals surface area contributed by atoms with Crippen LogP contribution in [0.15, 0.2) is 40.9 Å². The number of hydrogen-bond donors (Lipinski definition) is 1. The van der Waals surface area contributed by atoms with Crippen molar-refractivity contribution >= 4 is 44.8 Å². The molecule has 0 amide bonds. The Balaban J connectivity index is 2.13. The van der Waals surface area contributed by atoms with Crippen LogP contribution in [0.5, 0.6) is 0 Å². The topological polar surface area (TPSA) is 12.0 Å². The van der Waals surface area contributed by atoms with E-state index < -0.39 is 11.7 Å². The highest BCUT2D eigenvalue weighted by molar-refractivity contribution is 9.10. The lowest BCUT2D eigenvalue weighted by atomic mass is 10.2. The van der Waals surface area contributed by atoms with E-state index in [2.05, 4.69) is 21.2 Å². The van der Waals surface area contributed by atoms with Crippen molar-refractivity contribution in [3.05, 3.63) is 62.0 Å². The van der Waals surface area contributed by atoms with Crippen LogP contribution in [-0.4, -0.2) is 0 Å². The van der Waals surface area contributed by atoms with E-state index in [9.17, 15) is 13.2 Å². The van der Waals surface area contributed by atoms with Crippen LogP contribution in [0.3, 0.4) is 0 Å². The number of halogens is 6. The molecule has 0 spiro atoms. The summed E-state index contributed by atoms with van der Waals surface area (Å²) in [6.45, 7) is 0.406. The van der Waals surface area contributed by atoms with Crippen molar-refractivity contribution in [2.24, 2.45) is 0 Å². The number of nitrogens with one attached hydrogen (secondary N) is 1. The molecule has 0 heterocycles. The summed E-state index contributed by atoms with van der Waals surface area (Å²) < 4.78 is 38.4. The van der Waals surface area contributed by atoms with Gasteiger partial charge in [0.25, 0.3) is 0 Å². The Morgan fingerprint density at radius 3 is 2.33 bits per heavy atom. The van der Waals surface area contributed by atoms with Gasteiger partial charge in [-0.15, -0.1) is 0 Å². The highest BCUT2D eigenvalue weighted by Crippen LogP contribution is 2.34. The summed E-state index contributed by atoms with van der Waals surface area (Å²) in [5, 5.41) is 3.61. The average molecular weight is 399 g/mol. The molecule has 112 valence electrons. The number of rotatable bonds is 3. The van der Waals surface area contributed by atoms with Gasteiger partial charge in [-0.2, -0.15) is 13.2 Å². The Morgan fingerprint density at radius 1 is 1.05 bits per heavy atom. The van der Waals surface area contributed by atoms with Gasteiger partial charge in [0.2, 0.25) is 0 Å². The predicted octanol–water partition coefficient (Wildman–Crippen LogP) is 6.39. The van der Waals surface area contributed by atoms with Crippen molar-refractivity contribution in [3.63, 3.8) is 0 Å². The van der Waals surface area contributed by atoms with E-state index in [0.29, 0.717) is 17.3 Å². The zero-order chi connectivity index (χ0) is 15.6. The molecule has 2 aromatic rings. The van der Waals surface area contributed by atoms with E-state index in [1.165, 1.54) is 6.07 Å². The fraction of sp³-hybridized carbons (Fsp3) is 0.143. The fourth-order valence-corrected chi connectivity index (χ4v) is 2.76. The van der Waals surface area contributed by atoms with Gasteiger partial charge in [0.15, 0.2) is 0 Å². The molecule has 1 N–H and O–H groups in total. The molecule has 0 aliphatic rings. The molecule has 0 unspecified atom stereocenters. The second kappa shape index (κ2) is 6.46. The molecule has 0 fully saturated rings. The minimum absolute atomic E-state index is 0.0231. The molecule has 0 radical (unpaired) electrons. The largest absolute Gasteiger partial charge is 0.416 e. The maximum atomic E-state index is 12.5. The number of benzene rings is 2. The molecule has 0 bridgehead atoms. The summed E-state index contributed by atoms with van der Waals surface area (Å²) in [5.74, 6) is 0. The highest BCUT2D eigenvalue weighted by Gasteiger charge is 2.30. The Hall–Kier alpha value is -0.910. The van der Waals surface area contributed by atoms with Crippen LogP contribution in [0.1, 0.15) is 11.1 Å². The minimum Gasteiger partial charge on any atom is -0.380 e. The van der Waals surface area contributed by atoms with Crippen molar-refractivity contribution in [1.29, 1.82) is 0 Å². The molecule has 0 aliphatic carbocycles. The quantitative estimate of drug-likeness (QED) is 0.631. The first-order chi connectivity index (χ1) is 9.77. The van der Waals surface area contributed by atoms with Crippen molar-refractivity contribution in [2.75, 3.05) is 5.32 Å². The van der Waals surface area contributed by atoms with Crippen molar-refractivity contribution in [1.82, 2.24) is 0 Å². The Bertz CT molecular complexity index is 659. The molecular weight excluding hydrogens is 390 g/mol. The van der Waals surface area contributed by atoms with E-state index >= 15 is 0 Å². The van der Waals surface area contributed by atoms with Crippen molar-refractivity contribution in [3.8, 4) is 0 Å². The van der Waals surface area contributed by atoms with Gasteiger partial charge in [0.05, 0.1) is 16.3 Å². The molecule has 7 heteroatoms. The molecule has 2 aromatic carbocycles. The lowest BCUT2D eigenvalue weighted by molar-refractivity contribution is -0.137. The van der Waals surface area contributed by atoms with Gasteiger partial charge in [-0.05, 0) is 35.9 Å². The molecule has 0 saturated carbocycles. The van der Waals surface area contributed by atoms with Crippen LogP contribution in [0, 0.1) is 0 Å². The van der Waals surface area contributed by atoms with Gasteiger partial charge in [0, 0.05) is 16.0 Å². The first kappa shape index (κ1) is 16.5. The van der Waals surface area contributed by atoms with Crippen LogP contribution in [0.2, 0.25) is 10.0 Å². The van der Waals surface area contributed by atoms with Crippen molar-refractivity contribution < 1.29 is 13.2 Å². The van der Waals surface area contributed by atoms with Crippen molar-refractivity contribution in [2.45, 2.75) is 12.7 Å². The van der Waals surface area contributed by atoms with Gasteiger partial charge < -0.3 is 5.32 Å². The van der Waals surface area contributed by atoms with Crippen LogP contribution >= 0.6 is 39.1 Å². The normalized spacial score (nSPS) is 11.5. The van der Waals surface area contributed by atoms with E-state index in [-0.39, 0.29) is 5.02 Å². The molecule has 0 aromatic heterocycles. The summed E-state index contributed by atoms with van der Waals surface area (Å²) >= 11 is 15.1. The first-order valence-corrected chi connectivity index (χ1v) is 7.37. The lowest BCUT2D eigenvalue weighted by Crippen LogP contribution is -2.06. The zero-order valence-corrected chi connectivity index (χ0v) is 13.5. The van der Waals surface area contributed by atoms with Crippen LogP contribution in [0.25, 0.3) is 0 Å². The van der Waals surface area contributed by atoms with E-state index in [1.807, 2.05) is 6.07 Å². The van der Waals surface area contributed by atoms with Crippen LogP contribution < -0.4 is 5.32 Å². The lowest BCUT2D eigenvalue weighted by Gasteiger charge is -2.12. The number of anilines is 1. The van der Waals surface area contributed by atoms with E-state index in [4.69, 9.17) is 23.2 Å². The summed E-state index contributed by atoms with van der Waals surface area (Å²) in [6.07, 6.45) is -4.40. The second-order valence-corrected chi connectivity index (χ2v) is 5.98. The van der Waals surface area contributed by atoms with Crippen LogP contribution in [-0.2, 0) is 12.7 Å². The fourth-order valence-electron chi connectivity index (χ4n) is 1.69. The highest BCUT2D eigenvalue weighted by atomic mass is 79.9. The third kappa shape index (κ3) is 4.28. The Morgan fingerprint density at radius 2 is 1.76 bits per heavy atom. The third-order valence-electron chi connectivity index (χ3n) is 2.78. The van der Waals surface area contributed by atoms with Gasteiger partial charge >= 0.3 is 6.18 Å². The molecule has 0 aliphatic heterocycles. The molecule has 1 nitrogen and oxygen atoms in total. The smallest absolute Gasteiger partial charge is 0.380 e. The van der Waals surface area contributed by atoms with Gasteiger partial charge in [0.1, 0.15) is 0 Å². The molecule has 2 rings (SSSR count). The summed E-state index contributed by atoms with van der Waals surface area (Å²) in [6, 6.07) is 8.50. The maximum Gasteiger partial charge on any atom is 0.416 e. The summed E-state index contributed by atoms with van der Waals surface area (Å²) in [4.78, 5) is 0. The average Bonchev–Trinajstić information content (AvgIpc) is 2.38. The monoisotopic (exact) mass is 397 g/mol. The zero-order valence-electron chi connectivity index (χ0n) is 10.4. The van der Waals surface area contributed by atoms with Gasteiger partial charge in [-0.1, -0.05) is 45.2 Å².